The Hall–Kier alpha value is -2.76. The summed E-state index contributed by atoms with van der Waals surface area (Å²) in [5, 5.41) is 3.66. The topological polar surface area (TPSA) is 49.4 Å². The van der Waals surface area contributed by atoms with Gasteiger partial charge in [-0.2, -0.15) is 11.8 Å². The highest BCUT2D eigenvalue weighted by atomic mass is 35.5. The Morgan fingerprint density at radius 2 is 1.51 bits per heavy atom. The molecule has 35 heavy (non-hydrogen) atoms. The van der Waals surface area contributed by atoms with E-state index in [9.17, 15) is 9.59 Å². The monoisotopic (exact) mass is 508 g/mol. The van der Waals surface area contributed by atoms with Gasteiger partial charge in [0.2, 0.25) is 11.8 Å². The minimum atomic E-state index is -0.591. The highest BCUT2D eigenvalue weighted by Gasteiger charge is 2.30. The first-order valence-electron chi connectivity index (χ1n) is 12.0. The number of carbonyl (C=O) groups excluding carboxylic acids is 2. The molecule has 0 spiro atoms. The van der Waals surface area contributed by atoms with Crippen molar-refractivity contribution in [2.24, 2.45) is 0 Å². The van der Waals surface area contributed by atoms with Gasteiger partial charge in [0, 0.05) is 42.5 Å². The van der Waals surface area contributed by atoms with Crippen LogP contribution < -0.4 is 5.32 Å². The summed E-state index contributed by atoms with van der Waals surface area (Å²) in [4.78, 5) is 28.6. The van der Waals surface area contributed by atoms with Crippen molar-refractivity contribution < 1.29 is 9.59 Å². The average molecular weight is 509 g/mol. The Morgan fingerprint density at radius 1 is 0.886 bits per heavy atom. The van der Waals surface area contributed by atoms with Gasteiger partial charge in [-0.15, -0.1) is 0 Å². The predicted octanol–water partition coefficient (Wildman–Crippen LogP) is 6.13. The Kier molecular flexibility index (Phi) is 11.2. The van der Waals surface area contributed by atoms with Crippen LogP contribution in [0, 0.1) is 0 Å². The van der Waals surface area contributed by atoms with Crippen molar-refractivity contribution in [2.75, 3.05) is 12.3 Å². The van der Waals surface area contributed by atoms with Crippen LogP contribution in [-0.4, -0.2) is 35.1 Å². The molecule has 4 nitrogen and oxygen atoms in total. The molecule has 3 aromatic carbocycles. The van der Waals surface area contributed by atoms with Gasteiger partial charge >= 0.3 is 0 Å². The van der Waals surface area contributed by atoms with Gasteiger partial charge in [-0.05, 0) is 35.2 Å². The van der Waals surface area contributed by atoms with Gasteiger partial charge in [0.1, 0.15) is 6.04 Å². The van der Waals surface area contributed by atoms with Crippen molar-refractivity contribution in [2.45, 2.75) is 44.5 Å². The van der Waals surface area contributed by atoms with Gasteiger partial charge in [0.15, 0.2) is 0 Å². The summed E-state index contributed by atoms with van der Waals surface area (Å²) in [6.07, 6.45) is 1.68. The molecule has 0 unspecified atom stereocenters. The van der Waals surface area contributed by atoms with E-state index in [1.807, 2.05) is 79.7 Å². The summed E-state index contributed by atoms with van der Waals surface area (Å²) in [5.41, 5.74) is 3.21. The number of hydrogen-bond acceptors (Lipinski definition) is 3. The number of amides is 2. The minimum Gasteiger partial charge on any atom is -0.354 e. The second-order valence-corrected chi connectivity index (χ2v) is 9.97. The van der Waals surface area contributed by atoms with E-state index in [-0.39, 0.29) is 11.8 Å². The van der Waals surface area contributed by atoms with E-state index in [0.717, 1.165) is 23.3 Å². The molecule has 184 valence electrons. The van der Waals surface area contributed by atoms with Crippen LogP contribution in [0.2, 0.25) is 5.02 Å². The molecular weight excluding hydrogens is 476 g/mol. The third-order valence-electron chi connectivity index (χ3n) is 5.66. The first-order chi connectivity index (χ1) is 17.1. The van der Waals surface area contributed by atoms with Crippen molar-refractivity contribution in [3.05, 3.63) is 107 Å². The third-order valence-corrected chi connectivity index (χ3v) is 6.94. The summed E-state index contributed by atoms with van der Waals surface area (Å²) < 4.78 is 0. The fourth-order valence-corrected chi connectivity index (χ4v) is 4.79. The van der Waals surface area contributed by atoms with E-state index in [1.54, 1.807) is 16.7 Å². The maximum atomic E-state index is 13.5. The Labute approximate surface area is 218 Å². The van der Waals surface area contributed by atoms with Crippen LogP contribution >= 0.6 is 23.4 Å². The number of nitrogens with zero attached hydrogens (tertiary/aromatic N) is 1. The van der Waals surface area contributed by atoms with E-state index >= 15 is 0 Å². The molecule has 1 atom stereocenters. The number of rotatable bonds is 13. The molecule has 2 amide bonds. The molecule has 0 aromatic heterocycles. The summed E-state index contributed by atoms with van der Waals surface area (Å²) in [6.45, 7) is 2.96. The lowest BCUT2D eigenvalue weighted by atomic mass is 10.0. The predicted molar refractivity (Wildman–Crippen MR) is 146 cm³/mol. The van der Waals surface area contributed by atoms with Crippen molar-refractivity contribution >= 4 is 35.2 Å². The molecule has 0 radical (unpaired) electrons. The lowest BCUT2D eigenvalue weighted by Crippen LogP contribution is -2.50. The Morgan fingerprint density at radius 3 is 2.14 bits per heavy atom. The fourth-order valence-electron chi connectivity index (χ4n) is 3.77. The summed E-state index contributed by atoms with van der Waals surface area (Å²) >= 11 is 7.81. The van der Waals surface area contributed by atoms with E-state index in [1.165, 1.54) is 5.56 Å². The van der Waals surface area contributed by atoms with Gasteiger partial charge in [-0.3, -0.25) is 9.59 Å². The van der Waals surface area contributed by atoms with E-state index < -0.39 is 6.04 Å². The summed E-state index contributed by atoms with van der Waals surface area (Å²) in [6, 6.07) is 27.0. The normalized spacial score (nSPS) is 11.6. The number of halogens is 1. The first-order valence-corrected chi connectivity index (χ1v) is 13.6. The number of thioether (sulfide) groups is 1. The van der Waals surface area contributed by atoms with E-state index in [0.29, 0.717) is 36.7 Å². The standard InChI is InChI=1S/C29H33ClN2O2S/c1-2-18-31-29(34)27(20-23-9-5-3-6-10-23)32(21-24-13-15-26(30)16-14-24)28(33)17-19-35-22-25-11-7-4-8-12-25/h3-16,27H,2,17-22H2,1H3,(H,31,34)/t27-/m0/s1. The van der Waals surface area contributed by atoms with Gasteiger partial charge < -0.3 is 10.2 Å². The van der Waals surface area contributed by atoms with Crippen LogP contribution in [0.4, 0.5) is 0 Å². The van der Waals surface area contributed by atoms with Gasteiger partial charge in [0.25, 0.3) is 0 Å². The number of hydrogen-bond donors (Lipinski definition) is 1. The van der Waals surface area contributed by atoms with Crippen LogP contribution in [0.15, 0.2) is 84.9 Å². The Balaban J connectivity index is 1.77. The van der Waals surface area contributed by atoms with Crippen molar-refractivity contribution in [3.63, 3.8) is 0 Å². The fraction of sp³-hybridized carbons (Fsp3) is 0.310. The zero-order valence-electron chi connectivity index (χ0n) is 20.2. The summed E-state index contributed by atoms with van der Waals surface area (Å²) in [5.74, 6) is 1.41. The molecule has 0 heterocycles. The number of benzene rings is 3. The molecule has 3 rings (SSSR count). The lowest BCUT2D eigenvalue weighted by Gasteiger charge is -2.31. The third kappa shape index (κ3) is 9.08. The van der Waals surface area contributed by atoms with Gasteiger partial charge in [-0.1, -0.05) is 91.3 Å². The van der Waals surface area contributed by atoms with Crippen molar-refractivity contribution in [1.29, 1.82) is 0 Å². The van der Waals surface area contributed by atoms with Crippen LogP contribution in [0.25, 0.3) is 0 Å². The second-order valence-electron chi connectivity index (χ2n) is 8.43. The number of carbonyl (C=O) groups is 2. The quantitative estimate of drug-likeness (QED) is 0.282. The second kappa shape index (κ2) is 14.6. The smallest absolute Gasteiger partial charge is 0.243 e. The lowest BCUT2D eigenvalue weighted by molar-refractivity contribution is -0.141. The molecule has 0 fully saturated rings. The SMILES string of the molecule is CCCNC(=O)[C@H](Cc1ccccc1)N(Cc1ccc(Cl)cc1)C(=O)CCSCc1ccccc1. The Bertz CT molecular complexity index is 1050. The van der Waals surface area contributed by atoms with Crippen LogP contribution in [0.5, 0.6) is 0 Å². The number of nitrogens with one attached hydrogen (secondary N) is 1. The van der Waals surface area contributed by atoms with Crippen LogP contribution in [0.1, 0.15) is 36.5 Å². The van der Waals surface area contributed by atoms with E-state index in [4.69, 9.17) is 11.6 Å². The van der Waals surface area contributed by atoms with Crippen molar-refractivity contribution in [1.82, 2.24) is 10.2 Å². The average Bonchev–Trinajstić information content (AvgIpc) is 2.89. The van der Waals surface area contributed by atoms with Crippen molar-refractivity contribution in [3.8, 4) is 0 Å². The summed E-state index contributed by atoms with van der Waals surface area (Å²) in [7, 11) is 0. The molecule has 0 aliphatic rings. The van der Waals surface area contributed by atoms with Gasteiger partial charge in [0.05, 0.1) is 0 Å². The highest BCUT2D eigenvalue weighted by Crippen LogP contribution is 2.19. The first kappa shape index (κ1) is 26.8. The maximum Gasteiger partial charge on any atom is 0.243 e. The minimum absolute atomic E-state index is 0.0203. The van der Waals surface area contributed by atoms with Crippen LogP contribution in [0.3, 0.4) is 0 Å². The molecule has 0 bridgehead atoms. The molecule has 0 saturated carbocycles. The zero-order chi connectivity index (χ0) is 24.9. The molecule has 0 aliphatic heterocycles. The highest BCUT2D eigenvalue weighted by molar-refractivity contribution is 7.98. The molecule has 1 N–H and O–H groups in total. The van der Waals surface area contributed by atoms with E-state index in [2.05, 4.69) is 17.4 Å². The molecule has 0 saturated heterocycles. The molecule has 3 aromatic rings. The van der Waals surface area contributed by atoms with Gasteiger partial charge in [-0.25, -0.2) is 0 Å². The van der Waals surface area contributed by atoms with Crippen LogP contribution in [-0.2, 0) is 28.3 Å². The molecule has 6 heteroatoms. The maximum absolute atomic E-state index is 13.5. The molecule has 0 aliphatic carbocycles. The largest absolute Gasteiger partial charge is 0.354 e. The molecular formula is C29H33ClN2O2S. The zero-order valence-corrected chi connectivity index (χ0v) is 21.7.